The van der Waals surface area contributed by atoms with Gasteiger partial charge < -0.3 is 15.2 Å². The summed E-state index contributed by atoms with van der Waals surface area (Å²) in [6, 6.07) is 9.49. The number of hydrogen-bond donors (Lipinski definition) is 2. The minimum absolute atomic E-state index is 0.0899. The van der Waals surface area contributed by atoms with E-state index in [2.05, 4.69) is 17.2 Å². The molecular weight excluding hydrogens is 266 g/mol. The van der Waals surface area contributed by atoms with Crippen LogP contribution in [0.2, 0.25) is 0 Å². The van der Waals surface area contributed by atoms with Crippen molar-refractivity contribution < 1.29 is 14.6 Å². The SMILES string of the molecule is CCOC(=O)NC1CCCC(O)(C#Cc2ccccc2)C1. The highest BCUT2D eigenvalue weighted by Crippen LogP contribution is 2.28. The summed E-state index contributed by atoms with van der Waals surface area (Å²) in [7, 11) is 0. The van der Waals surface area contributed by atoms with Crippen LogP contribution in [0.5, 0.6) is 0 Å². The summed E-state index contributed by atoms with van der Waals surface area (Å²) >= 11 is 0. The van der Waals surface area contributed by atoms with Gasteiger partial charge in [0, 0.05) is 18.0 Å². The van der Waals surface area contributed by atoms with E-state index in [4.69, 9.17) is 4.74 Å². The lowest BCUT2D eigenvalue weighted by molar-refractivity contribution is 0.0455. The second kappa shape index (κ2) is 7.14. The van der Waals surface area contributed by atoms with Gasteiger partial charge in [-0.05, 0) is 38.3 Å². The molecule has 1 aromatic rings. The fraction of sp³-hybridized carbons (Fsp3) is 0.471. The van der Waals surface area contributed by atoms with Crippen LogP contribution in [-0.2, 0) is 4.74 Å². The van der Waals surface area contributed by atoms with E-state index in [1.165, 1.54) is 0 Å². The van der Waals surface area contributed by atoms with Crippen LogP contribution < -0.4 is 5.32 Å². The van der Waals surface area contributed by atoms with Crippen LogP contribution in [-0.4, -0.2) is 29.4 Å². The molecule has 0 saturated heterocycles. The predicted molar refractivity (Wildman–Crippen MR) is 80.7 cm³/mol. The molecule has 2 unspecified atom stereocenters. The van der Waals surface area contributed by atoms with Crippen LogP contribution in [0.3, 0.4) is 0 Å². The molecule has 0 heterocycles. The molecule has 2 N–H and O–H groups in total. The van der Waals surface area contributed by atoms with Crippen LogP contribution in [0, 0.1) is 11.8 Å². The quantitative estimate of drug-likeness (QED) is 0.821. The van der Waals surface area contributed by atoms with Crippen molar-refractivity contribution in [1.82, 2.24) is 5.32 Å². The fourth-order valence-electron chi connectivity index (χ4n) is 2.54. The van der Waals surface area contributed by atoms with Gasteiger partial charge in [-0.1, -0.05) is 30.0 Å². The maximum absolute atomic E-state index is 11.5. The summed E-state index contributed by atoms with van der Waals surface area (Å²) in [5.41, 5.74) is -0.162. The zero-order chi connectivity index (χ0) is 15.1. The van der Waals surface area contributed by atoms with Gasteiger partial charge in [-0.25, -0.2) is 4.79 Å². The Hall–Kier alpha value is -1.99. The lowest BCUT2D eigenvalue weighted by Gasteiger charge is -2.33. The smallest absolute Gasteiger partial charge is 0.407 e. The standard InChI is InChI=1S/C17H21NO3/c1-2-21-16(19)18-15-9-6-11-17(20,13-15)12-10-14-7-4-3-5-8-14/h3-5,7-8,15,20H,2,6,9,11,13H2,1H3,(H,18,19). The fourth-order valence-corrected chi connectivity index (χ4v) is 2.54. The zero-order valence-corrected chi connectivity index (χ0v) is 12.3. The van der Waals surface area contributed by atoms with Crippen molar-refractivity contribution in [3.63, 3.8) is 0 Å². The Morgan fingerprint density at radius 3 is 2.95 bits per heavy atom. The molecule has 2 atom stereocenters. The number of carbonyl (C=O) groups excluding carboxylic acids is 1. The molecule has 0 aromatic heterocycles. The molecule has 0 aliphatic heterocycles. The number of rotatable bonds is 2. The molecule has 4 heteroatoms. The molecule has 1 aromatic carbocycles. The van der Waals surface area contributed by atoms with Crippen LogP contribution in [0.15, 0.2) is 30.3 Å². The van der Waals surface area contributed by atoms with E-state index in [-0.39, 0.29) is 6.04 Å². The number of nitrogens with one attached hydrogen (secondary N) is 1. The van der Waals surface area contributed by atoms with Crippen LogP contribution in [0.4, 0.5) is 4.79 Å². The molecule has 0 spiro atoms. The van der Waals surface area contributed by atoms with Crippen molar-refractivity contribution in [2.24, 2.45) is 0 Å². The normalized spacial score (nSPS) is 24.6. The minimum atomic E-state index is -1.04. The Balaban J connectivity index is 1.99. The first-order valence-electron chi connectivity index (χ1n) is 7.35. The maximum Gasteiger partial charge on any atom is 0.407 e. The van der Waals surface area contributed by atoms with Gasteiger partial charge in [0.25, 0.3) is 0 Å². The monoisotopic (exact) mass is 287 g/mol. The molecule has 1 aliphatic rings. The van der Waals surface area contributed by atoms with Crippen LogP contribution in [0.1, 0.15) is 38.2 Å². The Labute approximate surface area is 125 Å². The topological polar surface area (TPSA) is 58.6 Å². The van der Waals surface area contributed by atoms with Crippen molar-refractivity contribution in [2.75, 3.05) is 6.61 Å². The molecule has 1 amide bonds. The minimum Gasteiger partial charge on any atom is -0.450 e. The van der Waals surface area contributed by atoms with Crippen molar-refractivity contribution in [1.29, 1.82) is 0 Å². The van der Waals surface area contributed by atoms with Gasteiger partial charge in [0.2, 0.25) is 0 Å². The first-order valence-corrected chi connectivity index (χ1v) is 7.35. The van der Waals surface area contributed by atoms with Crippen molar-refractivity contribution in [3.05, 3.63) is 35.9 Å². The molecule has 1 aliphatic carbocycles. The van der Waals surface area contributed by atoms with Crippen LogP contribution >= 0.6 is 0 Å². The number of alkyl carbamates (subject to hydrolysis) is 1. The first kappa shape index (κ1) is 15.4. The van der Waals surface area contributed by atoms with Crippen LogP contribution in [0.25, 0.3) is 0 Å². The van der Waals surface area contributed by atoms with Crippen molar-refractivity contribution >= 4 is 6.09 Å². The van der Waals surface area contributed by atoms with E-state index in [0.29, 0.717) is 19.4 Å². The number of carbonyl (C=O) groups is 1. The number of aliphatic hydroxyl groups is 1. The van der Waals surface area contributed by atoms with Gasteiger partial charge in [-0.15, -0.1) is 0 Å². The van der Waals surface area contributed by atoms with Gasteiger partial charge in [0.05, 0.1) is 6.61 Å². The molecule has 112 valence electrons. The second-order valence-corrected chi connectivity index (χ2v) is 5.31. The van der Waals surface area contributed by atoms with Crippen molar-refractivity contribution in [2.45, 2.75) is 44.2 Å². The van der Waals surface area contributed by atoms with E-state index < -0.39 is 11.7 Å². The van der Waals surface area contributed by atoms with E-state index in [0.717, 1.165) is 18.4 Å². The number of benzene rings is 1. The maximum atomic E-state index is 11.5. The van der Waals surface area contributed by atoms with E-state index >= 15 is 0 Å². The highest BCUT2D eigenvalue weighted by molar-refractivity contribution is 5.67. The van der Waals surface area contributed by atoms with Gasteiger partial charge in [-0.3, -0.25) is 0 Å². The number of ether oxygens (including phenoxy) is 1. The third kappa shape index (κ3) is 4.80. The third-order valence-electron chi connectivity index (χ3n) is 3.54. The molecule has 0 radical (unpaired) electrons. The highest BCUT2D eigenvalue weighted by atomic mass is 16.5. The summed E-state index contributed by atoms with van der Waals surface area (Å²) < 4.78 is 4.87. The Bertz CT molecular complexity index is 532. The number of hydrogen-bond acceptors (Lipinski definition) is 3. The summed E-state index contributed by atoms with van der Waals surface area (Å²) in [5, 5.41) is 13.4. The van der Waals surface area contributed by atoms with Gasteiger partial charge in [0.15, 0.2) is 0 Å². The molecule has 1 fully saturated rings. The average molecular weight is 287 g/mol. The summed E-state index contributed by atoms with van der Waals surface area (Å²) in [4.78, 5) is 11.5. The van der Waals surface area contributed by atoms with Gasteiger partial charge in [0.1, 0.15) is 5.60 Å². The first-order chi connectivity index (χ1) is 10.1. The van der Waals surface area contributed by atoms with E-state index in [9.17, 15) is 9.90 Å². The predicted octanol–water partition coefficient (Wildman–Crippen LogP) is 2.46. The Kier molecular flexibility index (Phi) is 5.24. The molecular formula is C17H21NO3. The summed E-state index contributed by atoms with van der Waals surface area (Å²) in [5.74, 6) is 5.97. The zero-order valence-electron chi connectivity index (χ0n) is 12.3. The molecule has 1 saturated carbocycles. The summed E-state index contributed by atoms with van der Waals surface area (Å²) in [6.45, 7) is 2.11. The van der Waals surface area contributed by atoms with Gasteiger partial charge in [-0.2, -0.15) is 0 Å². The molecule has 4 nitrogen and oxygen atoms in total. The van der Waals surface area contributed by atoms with E-state index in [1.807, 2.05) is 30.3 Å². The Morgan fingerprint density at radius 1 is 1.48 bits per heavy atom. The van der Waals surface area contributed by atoms with E-state index in [1.54, 1.807) is 6.92 Å². The molecule has 2 rings (SSSR count). The van der Waals surface area contributed by atoms with Crippen molar-refractivity contribution in [3.8, 4) is 11.8 Å². The largest absolute Gasteiger partial charge is 0.450 e. The molecule has 0 bridgehead atoms. The van der Waals surface area contributed by atoms with Gasteiger partial charge >= 0.3 is 6.09 Å². The second-order valence-electron chi connectivity index (χ2n) is 5.31. The highest BCUT2D eigenvalue weighted by Gasteiger charge is 2.33. The lowest BCUT2D eigenvalue weighted by atomic mass is 9.82. The number of amides is 1. The lowest BCUT2D eigenvalue weighted by Crippen LogP contribution is -2.45. The molecule has 21 heavy (non-hydrogen) atoms. The summed E-state index contributed by atoms with van der Waals surface area (Å²) in [6.07, 6.45) is 2.31. The third-order valence-corrected chi connectivity index (χ3v) is 3.54. The average Bonchev–Trinajstić information content (AvgIpc) is 2.47. The Morgan fingerprint density at radius 2 is 2.24 bits per heavy atom.